The lowest BCUT2D eigenvalue weighted by molar-refractivity contribution is -0.0246. The van der Waals surface area contributed by atoms with E-state index >= 15 is 0 Å². The Morgan fingerprint density at radius 1 is 1.56 bits per heavy atom. The summed E-state index contributed by atoms with van der Waals surface area (Å²) < 4.78 is 6.98. The fraction of sp³-hybridized carbons (Fsp3) is 0.636. The zero-order valence-corrected chi connectivity index (χ0v) is 10.1. The van der Waals surface area contributed by atoms with Gasteiger partial charge in [0.1, 0.15) is 12.0 Å². The standard InChI is InChI=1S/C11H18N4O3/c12-4-3-7-5-15(11(17)14-10(7)13)9-2-1-8(6-16)18-9/h5,8-9,16H,1-4,6,12H2,(H2,13,14,17)/t8-,9?/m0/s1. The Kier molecular flexibility index (Phi) is 3.95. The van der Waals surface area contributed by atoms with Gasteiger partial charge in [0.05, 0.1) is 12.7 Å². The molecule has 0 aromatic carbocycles. The van der Waals surface area contributed by atoms with Gasteiger partial charge in [-0.25, -0.2) is 4.79 Å². The van der Waals surface area contributed by atoms with E-state index in [4.69, 9.17) is 21.3 Å². The third kappa shape index (κ3) is 2.53. The van der Waals surface area contributed by atoms with Crippen molar-refractivity contribution in [3.8, 4) is 0 Å². The van der Waals surface area contributed by atoms with Crippen molar-refractivity contribution >= 4 is 5.82 Å². The number of nitrogens with two attached hydrogens (primary N) is 2. The molecule has 1 aliphatic rings. The van der Waals surface area contributed by atoms with Crippen LogP contribution >= 0.6 is 0 Å². The van der Waals surface area contributed by atoms with Crippen molar-refractivity contribution in [2.75, 3.05) is 18.9 Å². The van der Waals surface area contributed by atoms with E-state index in [9.17, 15) is 4.79 Å². The number of aromatic nitrogens is 2. The van der Waals surface area contributed by atoms with Crippen LogP contribution in [0.15, 0.2) is 11.0 Å². The number of hydrogen-bond donors (Lipinski definition) is 3. The fourth-order valence-electron chi connectivity index (χ4n) is 2.10. The number of aliphatic hydroxyl groups is 1. The zero-order valence-electron chi connectivity index (χ0n) is 10.1. The lowest BCUT2D eigenvalue weighted by Crippen LogP contribution is -2.29. The molecule has 7 heteroatoms. The molecule has 2 heterocycles. The maximum atomic E-state index is 11.8. The Bertz CT molecular complexity index is 474. The van der Waals surface area contributed by atoms with E-state index < -0.39 is 5.69 Å². The average molecular weight is 254 g/mol. The van der Waals surface area contributed by atoms with Crippen LogP contribution in [0.4, 0.5) is 5.82 Å². The van der Waals surface area contributed by atoms with E-state index in [1.807, 2.05) is 0 Å². The fourth-order valence-corrected chi connectivity index (χ4v) is 2.10. The quantitative estimate of drug-likeness (QED) is 0.634. The number of aliphatic hydroxyl groups excluding tert-OH is 1. The molecule has 0 radical (unpaired) electrons. The first kappa shape index (κ1) is 13.0. The summed E-state index contributed by atoms with van der Waals surface area (Å²) in [6, 6.07) is 0. The van der Waals surface area contributed by atoms with Gasteiger partial charge in [-0.3, -0.25) is 4.57 Å². The highest BCUT2D eigenvalue weighted by molar-refractivity contribution is 5.36. The van der Waals surface area contributed by atoms with Crippen molar-refractivity contribution in [1.82, 2.24) is 9.55 Å². The molecular weight excluding hydrogens is 236 g/mol. The first-order valence-corrected chi connectivity index (χ1v) is 5.99. The van der Waals surface area contributed by atoms with Gasteiger partial charge in [-0.15, -0.1) is 0 Å². The van der Waals surface area contributed by atoms with E-state index in [-0.39, 0.29) is 24.8 Å². The van der Waals surface area contributed by atoms with Gasteiger partial charge in [-0.1, -0.05) is 0 Å². The highest BCUT2D eigenvalue weighted by atomic mass is 16.5. The summed E-state index contributed by atoms with van der Waals surface area (Å²) in [7, 11) is 0. The van der Waals surface area contributed by atoms with E-state index in [0.29, 0.717) is 19.4 Å². The molecule has 1 aliphatic heterocycles. The summed E-state index contributed by atoms with van der Waals surface area (Å²) in [4.78, 5) is 15.6. The Morgan fingerprint density at radius 2 is 2.33 bits per heavy atom. The molecule has 0 bridgehead atoms. The molecule has 0 aliphatic carbocycles. The van der Waals surface area contributed by atoms with Gasteiger partial charge < -0.3 is 21.3 Å². The third-order valence-corrected chi connectivity index (χ3v) is 3.07. The monoisotopic (exact) mass is 254 g/mol. The Morgan fingerprint density at radius 3 is 2.94 bits per heavy atom. The van der Waals surface area contributed by atoms with Gasteiger partial charge in [0, 0.05) is 11.8 Å². The number of nitrogens with zero attached hydrogens (tertiary/aromatic N) is 2. The van der Waals surface area contributed by atoms with E-state index in [1.54, 1.807) is 6.20 Å². The number of ether oxygens (including phenoxy) is 1. The highest BCUT2D eigenvalue weighted by Crippen LogP contribution is 2.27. The van der Waals surface area contributed by atoms with Crippen molar-refractivity contribution in [3.05, 3.63) is 22.2 Å². The maximum Gasteiger partial charge on any atom is 0.351 e. The van der Waals surface area contributed by atoms with Crippen LogP contribution in [0.5, 0.6) is 0 Å². The summed E-state index contributed by atoms with van der Waals surface area (Å²) >= 11 is 0. The minimum atomic E-state index is -0.433. The molecule has 1 fully saturated rings. The van der Waals surface area contributed by atoms with Gasteiger partial charge >= 0.3 is 5.69 Å². The van der Waals surface area contributed by atoms with Crippen LogP contribution in [0.1, 0.15) is 24.6 Å². The second-order valence-corrected chi connectivity index (χ2v) is 4.35. The second kappa shape index (κ2) is 5.47. The van der Waals surface area contributed by atoms with Crippen molar-refractivity contribution in [3.63, 3.8) is 0 Å². The number of nitrogen functional groups attached to an aromatic ring is 1. The predicted octanol–water partition coefficient (Wildman–Crippen LogP) is -1.00. The molecule has 1 aromatic rings. The smallest absolute Gasteiger partial charge is 0.351 e. The number of rotatable bonds is 4. The molecule has 2 rings (SSSR count). The summed E-state index contributed by atoms with van der Waals surface area (Å²) in [5, 5.41) is 9.02. The Balaban J connectivity index is 2.27. The molecule has 0 amide bonds. The average Bonchev–Trinajstić information content (AvgIpc) is 2.81. The minimum Gasteiger partial charge on any atom is -0.394 e. The van der Waals surface area contributed by atoms with Gasteiger partial charge in [0.25, 0.3) is 0 Å². The van der Waals surface area contributed by atoms with Crippen molar-refractivity contribution in [1.29, 1.82) is 0 Å². The molecule has 1 unspecified atom stereocenters. The van der Waals surface area contributed by atoms with Crippen LogP contribution in [0.3, 0.4) is 0 Å². The van der Waals surface area contributed by atoms with Gasteiger partial charge in [-0.2, -0.15) is 4.98 Å². The second-order valence-electron chi connectivity index (χ2n) is 4.35. The maximum absolute atomic E-state index is 11.8. The minimum absolute atomic E-state index is 0.0384. The Hall–Kier alpha value is -1.44. The summed E-state index contributed by atoms with van der Waals surface area (Å²) in [5.41, 5.74) is 11.5. The topological polar surface area (TPSA) is 116 Å². The van der Waals surface area contributed by atoms with Gasteiger partial charge in [0.15, 0.2) is 0 Å². The molecule has 1 saturated heterocycles. The normalized spacial score (nSPS) is 23.4. The highest BCUT2D eigenvalue weighted by Gasteiger charge is 2.27. The molecule has 5 N–H and O–H groups in total. The first-order valence-electron chi connectivity index (χ1n) is 5.99. The van der Waals surface area contributed by atoms with Crippen LogP contribution in [-0.4, -0.2) is 33.9 Å². The number of hydrogen-bond acceptors (Lipinski definition) is 6. The van der Waals surface area contributed by atoms with Crippen molar-refractivity contribution in [2.24, 2.45) is 5.73 Å². The van der Waals surface area contributed by atoms with E-state index in [2.05, 4.69) is 4.98 Å². The summed E-state index contributed by atoms with van der Waals surface area (Å²) in [6.45, 7) is 0.401. The molecule has 1 aromatic heterocycles. The summed E-state index contributed by atoms with van der Waals surface area (Å²) in [5.74, 6) is 0.221. The molecular formula is C11H18N4O3. The van der Waals surface area contributed by atoms with Gasteiger partial charge in [-0.05, 0) is 25.8 Å². The third-order valence-electron chi connectivity index (χ3n) is 3.07. The predicted molar refractivity (Wildman–Crippen MR) is 65.9 cm³/mol. The van der Waals surface area contributed by atoms with Crippen LogP contribution in [0.25, 0.3) is 0 Å². The molecule has 0 saturated carbocycles. The van der Waals surface area contributed by atoms with Crippen molar-refractivity contribution < 1.29 is 9.84 Å². The van der Waals surface area contributed by atoms with Crippen LogP contribution in [0, 0.1) is 0 Å². The van der Waals surface area contributed by atoms with E-state index in [1.165, 1.54) is 4.57 Å². The molecule has 2 atom stereocenters. The van der Waals surface area contributed by atoms with E-state index in [0.717, 1.165) is 12.0 Å². The molecule has 7 nitrogen and oxygen atoms in total. The Labute approximate surface area is 104 Å². The largest absolute Gasteiger partial charge is 0.394 e. The van der Waals surface area contributed by atoms with Gasteiger partial charge in [0.2, 0.25) is 0 Å². The number of anilines is 1. The lowest BCUT2D eigenvalue weighted by atomic mass is 10.2. The molecule has 100 valence electrons. The summed E-state index contributed by atoms with van der Waals surface area (Å²) in [6.07, 6.45) is 3.04. The molecule has 18 heavy (non-hydrogen) atoms. The molecule has 0 spiro atoms. The van der Waals surface area contributed by atoms with Crippen LogP contribution in [0.2, 0.25) is 0 Å². The van der Waals surface area contributed by atoms with Crippen LogP contribution in [-0.2, 0) is 11.2 Å². The first-order chi connectivity index (χ1) is 8.65. The van der Waals surface area contributed by atoms with Crippen molar-refractivity contribution in [2.45, 2.75) is 31.6 Å². The SMILES string of the molecule is NCCc1cn(C2CC[C@@H](CO)O2)c(=O)nc1N. The van der Waals surface area contributed by atoms with Crippen LogP contribution < -0.4 is 17.2 Å². The lowest BCUT2D eigenvalue weighted by Gasteiger charge is -2.16. The zero-order chi connectivity index (χ0) is 13.1.